The number of nitrogens with zero attached hydrogens (tertiary/aromatic N) is 1. The number of piperidine rings is 1. The highest BCUT2D eigenvalue weighted by Crippen LogP contribution is 2.12. The number of likely N-dealkylation sites (N-methyl/N-ethyl adjacent to an activating group) is 1. The van der Waals surface area contributed by atoms with Crippen LogP contribution in [0.15, 0.2) is 16.5 Å². The van der Waals surface area contributed by atoms with Crippen molar-refractivity contribution in [3.05, 3.63) is 23.7 Å². The van der Waals surface area contributed by atoms with Crippen molar-refractivity contribution in [2.45, 2.75) is 32.4 Å². The van der Waals surface area contributed by atoms with Gasteiger partial charge in [-0.15, -0.1) is 0 Å². The largest absolute Gasteiger partial charge is 0.475 e. The molecular formula is C13H20N2O3. The van der Waals surface area contributed by atoms with Crippen LogP contribution in [0.3, 0.4) is 0 Å². The molecule has 2 heterocycles. The summed E-state index contributed by atoms with van der Waals surface area (Å²) in [5.41, 5.74) is 0. The van der Waals surface area contributed by atoms with Crippen LogP contribution in [-0.2, 0) is 6.54 Å². The van der Waals surface area contributed by atoms with Gasteiger partial charge < -0.3 is 19.7 Å². The lowest BCUT2D eigenvalue weighted by Gasteiger charge is -2.32. The maximum absolute atomic E-state index is 10.7. The van der Waals surface area contributed by atoms with Crippen molar-refractivity contribution in [1.29, 1.82) is 0 Å². The molecule has 0 amide bonds. The highest BCUT2D eigenvalue weighted by Gasteiger charge is 2.18. The molecule has 0 aliphatic carbocycles. The van der Waals surface area contributed by atoms with Gasteiger partial charge in [0.05, 0.1) is 6.54 Å². The number of furan rings is 1. The molecule has 1 saturated heterocycles. The molecule has 0 spiro atoms. The zero-order valence-electron chi connectivity index (χ0n) is 10.7. The molecule has 2 N–H and O–H groups in total. The smallest absolute Gasteiger partial charge is 0.371 e. The fraction of sp³-hybridized carbons (Fsp3) is 0.615. The highest BCUT2D eigenvalue weighted by atomic mass is 16.4. The van der Waals surface area contributed by atoms with Crippen LogP contribution in [0.1, 0.15) is 36.1 Å². The summed E-state index contributed by atoms with van der Waals surface area (Å²) < 4.78 is 5.21. The second kappa shape index (κ2) is 6.02. The lowest BCUT2D eigenvalue weighted by molar-refractivity contribution is 0.0660. The average molecular weight is 252 g/mol. The zero-order chi connectivity index (χ0) is 13.0. The van der Waals surface area contributed by atoms with Crippen LogP contribution in [0.25, 0.3) is 0 Å². The van der Waals surface area contributed by atoms with Gasteiger partial charge in [0.25, 0.3) is 0 Å². The van der Waals surface area contributed by atoms with Crippen LogP contribution in [0.2, 0.25) is 0 Å². The van der Waals surface area contributed by atoms with Crippen molar-refractivity contribution in [2.75, 3.05) is 19.6 Å². The van der Waals surface area contributed by atoms with E-state index in [-0.39, 0.29) is 5.76 Å². The van der Waals surface area contributed by atoms with Gasteiger partial charge in [-0.05, 0) is 38.1 Å². The van der Waals surface area contributed by atoms with Gasteiger partial charge in [-0.1, -0.05) is 6.92 Å². The Balaban J connectivity index is 1.81. The van der Waals surface area contributed by atoms with Crippen LogP contribution < -0.4 is 5.32 Å². The Morgan fingerprint density at radius 3 is 3.11 bits per heavy atom. The Morgan fingerprint density at radius 2 is 2.44 bits per heavy atom. The molecule has 1 aliphatic rings. The molecule has 1 fully saturated rings. The summed E-state index contributed by atoms with van der Waals surface area (Å²) >= 11 is 0. The minimum absolute atomic E-state index is 0.00521. The molecule has 1 aromatic heterocycles. The molecule has 1 aromatic rings. The molecule has 1 unspecified atom stereocenters. The van der Waals surface area contributed by atoms with Gasteiger partial charge in [-0.25, -0.2) is 4.79 Å². The molecule has 2 rings (SSSR count). The van der Waals surface area contributed by atoms with Crippen molar-refractivity contribution in [1.82, 2.24) is 10.2 Å². The summed E-state index contributed by atoms with van der Waals surface area (Å²) in [6, 6.07) is 3.69. The van der Waals surface area contributed by atoms with E-state index in [2.05, 4.69) is 17.1 Å². The molecule has 1 aliphatic heterocycles. The first kappa shape index (κ1) is 13.1. The van der Waals surface area contributed by atoms with E-state index in [1.165, 1.54) is 25.5 Å². The number of hydrogen-bond donors (Lipinski definition) is 2. The molecule has 0 saturated carbocycles. The second-order valence-corrected chi connectivity index (χ2v) is 4.68. The molecule has 18 heavy (non-hydrogen) atoms. The first-order valence-corrected chi connectivity index (χ1v) is 6.46. The first-order valence-electron chi connectivity index (χ1n) is 6.46. The third kappa shape index (κ3) is 3.34. The van der Waals surface area contributed by atoms with E-state index >= 15 is 0 Å². The number of rotatable bonds is 5. The van der Waals surface area contributed by atoms with Crippen molar-refractivity contribution in [3.8, 4) is 0 Å². The fourth-order valence-corrected chi connectivity index (χ4v) is 2.34. The van der Waals surface area contributed by atoms with Crippen molar-refractivity contribution < 1.29 is 14.3 Å². The molecule has 5 nitrogen and oxygen atoms in total. The minimum Gasteiger partial charge on any atom is -0.475 e. The standard InChI is InChI=1S/C13H20N2O3/c1-2-15-7-3-4-10(9-15)14-8-11-5-6-12(18-11)13(16)17/h5-6,10,14H,2-4,7-9H2,1H3,(H,16,17). The molecule has 1 atom stereocenters. The van der Waals surface area contributed by atoms with E-state index in [1.807, 2.05) is 0 Å². The fourth-order valence-electron chi connectivity index (χ4n) is 2.34. The summed E-state index contributed by atoms with van der Waals surface area (Å²) in [4.78, 5) is 13.1. The predicted octanol–water partition coefficient (Wildman–Crippen LogP) is 1.55. The van der Waals surface area contributed by atoms with Gasteiger partial charge in [-0.3, -0.25) is 0 Å². The Labute approximate surface area is 107 Å². The maximum Gasteiger partial charge on any atom is 0.371 e. The van der Waals surface area contributed by atoms with Gasteiger partial charge in [0, 0.05) is 12.6 Å². The predicted molar refractivity (Wildman–Crippen MR) is 67.6 cm³/mol. The molecule has 5 heteroatoms. The van der Waals surface area contributed by atoms with Gasteiger partial charge in [0.15, 0.2) is 0 Å². The number of aromatic carboxylic acids is 1. The lowest BCUT2D eigenvalue weighted by Crippen LogP contribution is -2.45. The minimum atomic E-state index is -1.02. The molecule has 0 bridgehead atoms. The number of likely N-dealkylation sites (tertiary alicyclic amines) is 1. The molecular weight excluding hydrogens is 232 g/mol. The molecule has 100 valence electrons. The van der Waals surface area contributed by atoms with E-state index in [0.717, 1.165) is 13.1 Å². The van der Waals surface area contributed by atoms with Crippen LogP contribution in [0.4, 0.5) is 0 Å². The second-order valence-electron chi connectivity index (χ2n) is 4.68. The zero-order valence-corrected chi connectivity index (χ0v) is 10.7. The highest BCUT2D eigenvalue weighted by molar-refractivity contribution is 5.84. The average Bonchev–Trinajstić information content (AvgIpc) is 2.85. The molecule has 0 aromatic carbocycles. The SMILES string of the molecule is CCN1CCCC(NCc2ccc(C(=O)O)o2)C1. The quantitative estimate of drug-likeness (QED) is 0.832. The van der Waals surface area contributed by atoms with Crippen molar-refractivity contribution >= 4 is 5.97 Å². The normalized spacial score (nSPS) is 21.1. The molecule has 0 radical (unpaired) electrons. The van der Waals surface area contributed by atoms with Crippen LogP contribution in [-0.4, -0.2) is 41.7 Å². The number of carboxylic acids is 1. The maximum atomic E-state index is 10.7. The van der Waals surface area contributed by atoms with Crippen molar-refractivity contribution in [3.63, 3.8) is 0 Å². The summed E-state index contributed by atoms with van der Waals surface area (Å²) in [5, 5.41) is 12.2. The van der Waals surface area contributed by atoms with Gasteiger partial charge in [-0.2, -0.15) is 0 Å². The van der Waals surface area contributed by atoms with Crippen LogP contribution in [0, 0.1) is 0 Å². The van der Waals surface area contributed by atoms with Crippen molar-refractivity contribution in [2.24, 2.45) is 0 Å². The monoisotopic (exact) mass is 252 g/mol. The third-order valence-electron chi connectivity index (χ3n) is 3.39. The topological polar surface area (TPSA) is 65.7 Å². The van der Waals surface area contributed by atoms with E-state index in [9.17, 15) is 4.79 Å². The van der Waals surface area contributed by atoms with Crippen LogP contribution >= 0.6 is 0 Å². The van der Waals surface area contributed by atoms with E-state index in [0.29, 0.717) is 18.3 Å². The van der Waals surface area contributed by atoms with E-state index in [4.69, 9.17) is 9.52 Å². The lowest BCUT2D eigenvalue weighted by atomic mass is 10.1. The Hall–Kier alpha value is -1.33. The Bertz CT molecular complexity index is 403. The third-order valence-corrected chi connectivity index (χ3v) is 3.39. The summed E-state index contributed by atoms with van der Waals surface area (Å²) in [5.74, 6) is -0.331. The summed E-state index contributed by atoms with van der Waals surface area (Å²) in [7, 11) is 0. The van der Waals surface area contributed by atoms with Crippen LogP contribution in [0.5, 0.6) is 0 Å². The van der Waals surface area contributed by atoms with Gasteiger partial charge in [0.2, 0.25) is 5.76 Å². The Kier molecular flexibility index (Phi) is 4.38. The number of hydrogen-bond acceptors (Lipinski definition) is 4. The number of carbonyl (C=O) groups is 1. The van der Waals surface area contributed by atoms with Gasteiger partial charge >= 0.3 is 5.97 Å². The summed E-state index contributed by atoms with van der Waals surface area (Å²) in [6.07, 6.45) is 2.38. The van der Waals surface area contributed by atoms with E-state index < -0.39 is 5.97 Å². The first-order chi connectivity index (χ1) is 8.69. The number of carboxylic acid groups (broad SMARTS) is 1. The van der Waals surface area contributed by atoms with E-state index in [1.54, 1.807) is 6.07 Å². The Morgan fingerprint density at radius 1 is 1.61 bits per heavy atom. The summed E-state index contributed by atoms with van der Waals surface area (Å²) in [6.45, 7) is 6.09. The number of nitrogens with one attached hydrogen (secondary N) is 1. The van der Waals surface area contributed by atoms with Gasteiger partial charge in [0.1, 0.15) is 5.76 Å².